The molecular weight excluding hydrogens is 445 g/mol. The SMILES string of the molecule is Cc1cnc(C(=O)N(CCC(=O)N2CCN(Cc3ccccc3)CC2)Cc2ccc(F)cc2)cn1. The first kappa shape index (κ1) is 24.5. The average Bonchev–Trinajstić information content (AvgIpc) is 2.88. The second kappa shape index (κ2) is 11.7. The Balaban J connectivity index is 1.35. The second-order valence-electron chi connectivity index (χ2n) is 8.79. The van der Waals surface area contributed by atoms with Crippen molar-refractivity contribution in [1.29, 1.82) is 0 Å². The topological polar surface area (TPSA) is 69.6 Å². The minimum absolute atomic E-state index is 0.0243. The molecule has 1 saturated heterocycles. The van der Waals surface area contributed by atoms with E-state index in [1.165, 1.54) is 23.9 Å². The van der Waals surface area contributed by atoms with Gasteiger partial charge in [-0.2, -0.15) is 0 Å². The molecule has 2 amide bonds. The molecule has 3 aromatic rings. The molecule has 0 saturated carbocycles. The van der Waals surface area contributed by atoms with E-state index >= 15 is 0 Å². The third-order valence-electron chi connectivity index (χ3n) is 6.14. The highest BCUT2D eigenvalue weighted by molar-refractivity contribution is 5.92. The monoisotopic (exact) mass is 475 g/mol. The van der Waals surface area contributed by atoms with Crippen LogP contribution >= 0.6 is 0 Å². The molecule has 0 atom stereocenters. The van der Waals surface area contributed by atoms with Gasteiger partial charge in [-0.3, -0.25) is 19.5 Å². The number of nitrogens with zero attached hydrogens (tertiary/aromatic N) is 5. The van der Waals surface area contributed by atoms with Crippen molar-refractivity contribution in [3.8, 4) is 0 Å². The van der Waals surface area contributed by atoms with Crippen LogP contribution in [-0.4, -0.2) is 69.2 Å². The third-order valence-corrected chi connectivity index (χ3v) is 6.14. The largest absolute Gasteiger partial charge is 0.340 e. The predicted molar refractivity (Wildman–Crippen MR) is 131 cm³/mol. The van der Waals surface area contributed by atoms with E-state index in [4.69, 9.17) is 0 Å². The van der Waals surface area contributed by atoms with Gasteiger partial charge in [-0.25, -0.2) is 9.37 Å². The van der Waals surface area contributed by atoms with Crippen molar-refractivity contribution in [3.05, 3.63) is 95.3 Å². The molecule has 0 bridgehead atoms. The molecule has 0 radical (unpaired) electrons. The molecule has 4 rings (SSSR count). The molecular formula is C27H30FN5O2. The number of hydrogen-bond donors (Lipinski definition) is 0. The minimum atomic E-state index is -0.336. The first-order chi connectivity index (χ1) is 17.0. The maximum atomic E-state index is 13.3. The summed E-state index contributed by atoms with van der Waals surface area (Å²) in [5.74, 6) is -0.615. The molecule has 0 N–H and O–H groups in total. The van der Waals surface area contributed by atoms with E-state index in [0.29, 0.717) is 18.8 Å². The van der Waals surface area contributed by atoms with Crippen LogP contribution in [0.1, 0.15) is 33.7 Å². The molecule has 2 heterocycles. The fraction of sp³-hybridized carbons (Fsp3) is 0.333. The molecule has 0 spiro atoms. The van der Waals surface area contributed by atoms with Crippen LogP contribution in [0, 0.1) is 12.7 Å². The zero-order valence-corrected chi connectivity index (χ0v) is 19.9. The summed E-state index contributed by atoms with van der Waals surface area (Å²) in [4.78, 5) is 40.3. The van der Waals surface area contributed by atoms with Crippen LogP contribution in [0.2, 0.25) is 0 Å². The molecule has 1 aliphatic rings. The third kappa shape index (κ3) is 6.93. The van der Waals surface area contributed by atoms with Crippen molar-refractivity contribution in [2.24, 2.45) is 0 Å². The normalized spacial score (nSPS) is 14.1. The van der Waals surface area contributed by atoms with Crippen LogP contribution in [-0.2, 0) is 17.9 Å². The number of carbonyl (C=O) groups excluding carboxylic acids is 2. The Morgan fingerprint density at radius 3 is 2.29 bits per heavy atom. The van der Waals surface area contributed by atoms with Crippen molar-refractivity contribution in [3.63, 3.8) is 0 Å². The first-order valence-corrected chi connectivity index (χ1v) is 11.8. The lowest BCUT2D eigenvalue weighted by Crippen LogP contribution is -2.49. The average molecular weight is 476 g/mol. The van der Waals surface area contributed by atoms with Crippen LogP contribution in [0.4, 0.5) is 4.39 Å². The fourth-order valence-electron chi connectivity index (χ4n) is 4.11. The van der Waals surface area contributed by atoms with Gasteiger partial charge < -0.3 is 9.80 Å². The van der Waals surface area contributed by atoms with Gasteiger partial charge in [0.05, 0.1) is 11.9 Å². The van der Waals surface area contributed by atoms with Gasteiger partial charge >= 0.3 is 0 Å². The van der Waals surface area contributed by atoms with Gasteiger partial charge in [-0.05, 0) is 30.2 Å². The van der Waals surface area contributed by atoms with E-state index < -0.39 is 0 Å². The van der Waals surface area contributed by atoms with Crippen LogP contribution in [0.3, 0.4) is 0 Å². The van der Waals surface area contributed by atoms with Crippen molar-refractivity contribution in [2.75, 3.05) is 32.7 Å². The molecule has 2 aromatic carbocycles. The number of benzene rings is 2. The summed E-state index contributed by atoms with van der Waals surface area (Å²) in [6.45, 7) is 6.15. The fourth-order valence-corrected chi connectivity index (χ4v) is 4.11. The zero-order valence-electron chi connectivity index (χ0n) is 19.9. The molecule has 8 heteroatoms. The summed E-state index contributed by atoms with van der Waals surface area (Å²) in [5, 5.41) is 0. The van der Waals surface area contributed by atoms with E-state index in [2.05, 4.69) is 27.0 Å². The predicted octanol–water partition coefficient (Wildman–Crippen LogP) is 3.30. The van der Waals surface area contributed by atoms with E-state index in [0.717, 1.165) is 25.2 Å². The number of halogens is 1. The van der Waals surface area contributed by atoms with Gasteiger partial charge in [0, 0.05) is 58.4 Å². The first-order valence-electron chi connectivity index (χ1n) is 11.8. The molecule has 1 fully saturated rings. The molecule has 1 aromatic heterocycles. The van der Waals surface area contributed by atoms with E-state index in [9.17, 15) is 14.0 Å². The maximum absolute atomic E-state index is 13.3. The van der Waals surface area contributed by atoms with Crippen LogP contribution in [0.15, 0.2) is 67.0 Å². The molecule has 35 heavy (non-hydrogen) atoms. The van der Waals surface area contributed by atoms with E-state index in [-0.39, 0.29) is 42.8 Å². The highest BCUT2D eigenvalue weighted by Crippen LogP contribution is 2.13. The Kier molecular flexibility index (Phi) is 8.15. The van der Waals surface area contributed by atoms with Crippen LogP contribution in [0.5, 0.6) is 0 Å². The van der Waals surface area contributed by atoms with Crippen LogP contribution in [0.25, 0.3) is 0 Å². The zero-order chi connectivity index (χ0) is 24.6. The van der Waals surface area contributed by atoms with Crippen molar-refractivity contribution in [2.45, 2.75) is 26.4 Å². The number of rotatable bonds is 8. The van der Waals surface area contributed by atoms with Gasteiger partial charge in [0.1, 0.15) is 11.5 Å². The number of carbonyl (C=O) groups is 2. The number of hydrogen-bond acceptors (Lipinski definition) is 5. The highest BCUT2D eigenvalue weighted by Gasteiger charge is 2.24. The Labute approximate surface area is 205 Å². The number of piperazine rings is 1. The summed E-state index contributed by atoms with van der Waals surface area (Å²) in [5.41, 5.74) is 2.98. The Hall–Kier alpha value is -3.65. The maximum Gasteiger partial charge on any atom is 0.274 e. The van der Waals surface area contributed by atoms with Gasteiger partial charge in [0.2, 0.25) is 5.91 Å². The summed E-state index contributed by atoms with van der Waals surface area (Å²) in [6.07, 6.45) is 3.21. The van der Waals surface area contributed by atoms with Crippen molar-refractivity contribution < 1.29 is 14.0 Å². The minimum Gasteiger partial charge on any atom is -0.340 e. The number of aromatic nitrogens is 2. The van der Waals surface area contributed by atoms with Crippen molar-refractivity contribution >= 4 is 11.8 Å². The molecule has 7 nitrogen and oxygen atoms in total. The molecule has 0 unspecified atom stereocenters. The van der Waals surface area contributed by atoms with E-state index in [1.807, 2.05) is 23.1 Å². The molecule has 0 aliphatic carbocycles. The van der Waals surface area contributed by atoms with Crippen molar-refractivity contribution in [1.82, 2.24) is 24.7 Å². The smallest absolute Gasteiger partial charge is 0.274 e. The van der Waals surface area contributed by atoms with Gasteiger partial charge in [0.15, 0.2) is 0 Å². The Morgan fingerprint density at radius 2 is 1.63 bits per heavy atom. The van der Waals surface area contributed by atoms with E-state index in [1.54, 1.807) is 30.2 Å². The van der Waals surface area contributed by atoms with Gasteiger partial charge in [0.25, 0.3) is 5.91 Å². The highest BCUT2D eigenvalue weighted by atomic mass is 19.1. The molecule has 1 aliphatic heterocycles. The Morgan fingerprint density at radius 1 is 0.914 bits per heavy atom. The second-order valence-corrected chi connectivity index (χ2v) is 8.79. The van der Waals surface area contributed by atoms with Crippen LogP contribution < -0.4 is 0 Å². The lowest BCUT2D eigenvalue weighted by Gasteiger charge is -2.35. The number of amides is 2. The van der Waals surface area contributed by atoms with Gasteiger partial charge in [-0.15, -0.1) is 0 Å². The summed E-state index contributed by atoms with van der Waals surface area (Å²) >= 11 is 0. The number of aryl methyl sites for hydroxylation is 1. The quantitative estimate of drug-likeness (QED) is 0.500. The Bertz CT molecular complexity index is 1110. The summed E-state index contributed by atoms with van der Waals surface area (Å²) in [7, 11) is 0. The lowest BCUT2D eigenvalue weighted by atomic mass is 10.1. The van der Waals surface area contributed by atoms with Gasteiger partial charge in [-0.1, -0.05) is 42.5 Å². The summed E-state index contributed by atoms with van der Waals surface area (Å²) in [6, 6.07) is 16.3. The molecule has 182 valence electrons. The standard InChI is InChI=1S/C27H30FN5O2/c1-21-17-30-25(18-29-21)27(35)33(20-23-7-9-24(28)10-8-23)12-11-26(34)32-15-13-31(14-16-32)19-22-5-3-2-4-6-22/h2-10,17-18H,11-16,19-20H2,1H3. The lowest BCUT2D eigenvalue weighted by molar-refractivity contribution is -0.133. The summed E-state index contributed by atoms with van der Waals surface area (Å²) < 4.78 is 13.3.